The van der Waals surface area contributed by atoms with Crippen LogP contribution in [0.3, 0.4) is 0 Å². The van der Waals surface area contributed by atoms with Crippen LogP contribution < -0.4 is 14.8 Å². The molecule has 0 fully saturated rings. The van der Waals surface area contributed by atoms with Crippen molar-refractivity contribution in [2.45, 2.75) is 39.3 Å². The van der Waals surface area contributed by atoms with E-state index in [4.69, 9.17) is 26.8 Å². The average molecular weight is 523 g/mol. The van der Waals surface area contributed by atoms with Gasteiger partial charge in [-0.05, 0) is 67.6 Å². The van der Waals surface area contributed by atoms with Gasteiger partial charge in [0.1, 0.15) is 34.4 Å². The molecule has 38 heavy (non-hydrogen) atoms. The number of methoxy groups -OCH3 is 1. The molecule has 0 radical (unpaired) electrons. The molecule has 1 N–H and O–H groups in total. The van der Waals surface area contributed by atoms with Gasteiger partial charge in [0.2, 0.25) is 0 Å². The van der Waals surface area contributed by atoms with Gasteiger partial charge in [-0.2, -0.15) is 0 Å². The molecule has 7 heteroatoms. The Labute approximate surface area is 227 Å². The molecule has 0 unspecified atom stereocenters. The SMILES string of the molecule is COc1ccc(-c2c3c4n(c(COc5ccccc5)nn4c2C(=S)Nc2ccccc2C)CCCC3)cc1. The summed E-state index contributed by atoms with van der Waals surface area (Å²) >= 11 is 6.10. The van der Waals surface area contributed by atoms with Crippen molar-refractivity contribution in [2.75, 3.05) is 12.4 Å². The summed E-state index contributed by atoms with van der Waals surface area (Å²) in [4.78, 5) is 0.645. The minimum Gasteiger partial charge on any atom is -0.497 e. The zero-order chi connectivity index (χ0) is 26.1. The number of anilines is 1. The van der Waals surface area contributed by atoms with Crippen LogP contribution in [0.4, 0.5) is 5.69 Å². The number of benzene rings is 3. The lowest BCUT2D eigenvalue weighted by Gasteiger charge is -2.13. The van der Waals surface area contributed by atoms with Crippen LogP contribution in [-0.2, 0) is 19.6 Å². The van der Waals surface area contributed by atoms with Crippen LogP contribution in [0.5, 0.6) is 11.5 Å². The first-order chi connectivity index (χ1) is 18.6. The maximum atomic E-state index is 6.13. The summed E-state index contributed by atoms with van der Waals surface area (Å²) in [6.07, 6.45) is 3.14. The van der Waals surface area contributed by atoms with Crippen molar-refractivity contribution in [1.82, 2.24) is 14.2 Å². The van der Waals surface area contributed by atoms with Crippen molar-refractivity contribution in [3.63, 3.8) is 0 Å². The number of nitrogens with one attached hydrogen (secondary N) is 1. The van der Waals surface area contributed by atoms with Gasteiger partial charge in [0.05, 0.1) is 7.11 Å². The molecule has 6 nitrogen and oxygen atoms in total. The van der Waals surface area contributed by atoms with E-state index in [1.165, 1.54) is 5.56 Å². The first-order valence-corrected chi connectivity index (χ1v) is 13.4. The summed E-state index contributed by atoms with van der Waals surface area (Å²) in [6, 6.07) is 26.3. The fourth-order valence-corrected chi connectivity index (χ4v) is 5.55. The Morgan fingerprint density at radius 3 is 2.47 bits per heavy atom. The molecule has 0 atom stereocenters. The van der Waals surface area contributed by atoms with Crippen molar-refractivity contribution >= 4 is 28.5 Å². The molecule has 5 aromatic rings. The van der Waals surface area contributed by atoms with Crippen LogP contribution in [-0.4, -0.2) is 26.3 Å². The number of hydrogen-bond acceptors (Lipinski definition) is 4. The van der Waals surface area contributed by atoms with Gasteiger partial charge in [0, 0.05) is 23.4 Å². The van der Waals surface area contributed by atoms with Gasteiger partial charge in [-0.25, -0.2) is 4.52 Å². The second-order valence-electron chi connectivity index (χ2n) is 9.56. The van der Waals surface area contributed by atoms with Gasteiger partial charge in [0.25, 0.3) is 0 Å². The second kappa shape index (κ2) is 10.3. The molecule has 6 rings (SSSR count). The Morgan fingerprint density at radius 2 is 1.71 bits per heavy atom. The van der Waals surface area contributed by atoms with Gasteiger partial charge in [-0.1, -0.05) is 60.7 Å². The maximum Gasteiger partial charge on any atom is 0.169 e. The van der Waals surface area contributed by atoms with E-state index in [-0.39, 0.29) is 0 Å². The number of hydrogen-bond donors (Lipinski definition) is 1. The molecule has 2 aromatic heterocycles. The van der Waals surface area contributed by atoms with Gasteiger partial charge in [-0.3, -0.25) is 0 Å². The Balaban J connectivity index is 1.51. The maximum absolute atomic E-state index is 6.13. The summed E-state index contributed by atoms with van der Waals surface area (Å²) in [5.74, 6) is 2.56. The van der Waals surface area contributed by atoms with E-state index < -0.39 is 0 Å². The first-order valence-electron chi connectivity index (χ1n) is 13.0. The molecule has 0 aliphatic carbocycles. The Kier molecular flexibility index (Phi) is 6.60. The molecule has 1 aliphatic heterocycles. The molecule has 0 saturated heterocycles. The summed E-state index contributed by atoms with van der Waals surface area (Å²) < 4.78 is 15.9. The van der Waals surface area contributed by atoms with Crippen molar-refractivity contribution in [1.29, 1.82) is 0 Å². The number of thiocarbonyl (C=S) groups is 1. The standard InChI is InChI=1S/C31H30N4O2S/c1-21-10-6-7-14-26(21)32-30(38)29-28(22-15-17-23(36-2)18-16-22)25-13-8-9-19-34-27(33-35(29)31(25)34)20-37-24-11-4-3-5-12-24/h3-7,10-12,14-18H,8-9,13,19-20H2,1-2H3,(H,32,38). The third-order valence-corrected chi connectivity index (χ3v) is 7.46. The zero-order valence-corrected chi connectivity index (χ0v) is 22.4. The first kappa shape index (κ1) is 24.2. The van der Waals surface area contributed by atoms with Crippen LogP contribution in [0.2, 0.25) is 0 Å². The normalized spacial score (nSPS) is 12.8. The largest absolute Gasteiger partial charge is 0.497 e. The fourth-order valence-electron chi connectivity index (χ4n) is 5.25. The Morgan fingerprint density at radius 1 is 0.947 bits per heavy atom. The lowest BCUT2D eigenvalue weighted by Crippen LogP contribution is -2.15. The molecule has 1 aliphatic rings. The number of aryl methyl sites for hydroxylation is 3. The van der Waals surface area contributed by atoms with Crippen molar-refractivity contribution in [2.24, 2.45) is 0 Å². The molecule has 3 aromatic carbocycles. The quantitative estimate of drug-likeness (QED) is 0.238. The summed E-state index contributed by atoms with van der Waals surface area (Å²) in [5, 5.41) is 8.63. The Hall–Kier alpha value is -4.10. The van der Waals surface area contributed by atoms with Gasteiger partial charge < -0.3 is 19.4 Å². The van der Waals surface area contributed by atoms with E-state index in [0.717, 1.165) is 76.8 Å². The van der Waals surface area contributed by atoms with E-state index in [0.29, 0.717) is 11.6 Å². The number of aromatic nitrogens is 3. The van der Waals surface area contributed by atoms with Crippen molar-refractivity contribution in [3.05, 3.63) is 102 Å². The van der Waals surface area contributed by atoms with Crippen molar-refractivity contribution < 1.29 is 9.47 Å². The predicted octanol–water partition coefficient (Wildman–Crippen LogP) is 6.82. The summed E-state index contributed by atoms with van der Waals surface area (Å²) in [6.45, 7) is 3.37. The third-order valence-electron chi connectivity index (χ3n) is 7.16. The molecular weight excluding hydrogens is 492 g/mol. The Bertz CT molecular complexity index is 1600. The average Bonchev–Trinajstić information content (AvgIpc) is 3.35. The minimum atomic E-state index is 0.389. The molecule has 192 valence electrons. The smallest absolute Gasteiger partial charge is 0.169 e. The van der Waals surface area contributed by atoms with Crippen molar-refractivity contribution in [3.8, 4) is 22.6 Å². The molecule has 0 spiro atoms. The highest BCUT2D eigenvalue weighted by Gasteiger charge is 2.29. The molecule has 0 amide bonds. The molecule has 0 bridgehead atoms. The van der Waals surface area contributed by atoms with E-state index in [2.05, 4.69) is 41.1 Å². The van der Waals surface area contributed by atoms with E-state index in [1.54, 1.807) is 7.11 Å². The lowest BCUT2D eigenvalue weighted by molar-refractivity contribution is 0.288. The van der Waals surface area contributed by atoms with E-state index in [9.17, 15) is 0 Å². The van der Waals surface area contributed by atoms with Crippen LogP contribution >= 0.6 is 12.2 Å². The number of nitrogens with zero attached hydrogens (tertiary/aromatic N) is 3. The fraction of sp³-hybridized carbons (Fsp3) is 0.226. The number of para-hydroxylation sites is 2. The molecule has 3 heterocycles. The topological polar surface area (TPSA) is 52.7 Å². The van der Waals surface area contributed by atoms with Crippen LogP contribution in [0, 0.1) is 6.92 Å². The zero-order valence-electron chi connectivity index (χ0n) is 21.6. The summed E-state index contributed by atoms with van der Waals surface area (Å²) in [7, 11) is 1.69. The lowest BCUT2D eigenvalue weighted by atomic mass is 9.98. The predicted molar refractivity (Wildman–Crippen MR) is 155 cm³/mol. The molecular formula is C31H30N4O2S. The third kappa shape index (κ3) is 4.43. The monoisotopic (exact) mass is 522 g/mol. The van der Waals surface area contributed by atoms with Crippen LogP contribution in [0.25, 0.3) is 16.8 Å². The summed E-state index contributed by atoms with van der Waals surface area (Å²) in [5.41, 5.74) is 7.64. The highest BCUT2D eigenvalue weighted by atomic mass is 32.1. The molecule has 0 saturated carbocycles. The second-order valence-corrected chi connectivity index (χ2v) is 9.97. The van der Waals surface area contributed by atoms with Crippen LogP contribution in [0.1, 0.15) is 35.5 Å². The minimum absolute atomic E-state index is 0.389. The number of ether oxygens (including phenoxy) is 2. The highest BCUT2D eigenvalue weighted by molar-refractivity contribution is 7.81. The van der Waals surface area contributed by atoms with Crippen LogP contribution in [0.15, 0.2) is 78.9 Å². The van der Waals surface area contributed by atoms with Gasteiger partial charge >= 0.3 is 0 Å². The van der Waals surface area contributed by atoms with E-state index >= 15 is 0 Å². The highest BCUT2D eigenvalue weighted by Crippen LogP contribution is 2.38. The van der Waals surface area contributed by atoms with E-state index in [1.807, 2.05) is 59.1 Å². The number of rotatable bonds is 7. The van der Waals surface area contributed by atoms with Gasteiger partial charge in [-0.15, -0.1) is 5.10 Å². The van der Waals surface area contributed by atoms with Gasteiger partial charge in [0.15, 0.2) is 5.82 Å².